The third-order valence-electron chi connectivity index (χ3n) is 4.72. The molecule has 1 aromatic carbocycles. The van der Waals surface area contributed by atoms with Crippen LogP contribution in [0.5, 0.6) is 0 Å². The molecule has 1 amide bonds. The number of rotatable bonds is 5. The zero-order valence-corrected chi connectivity index (χ0v) is 14.0. The van der Waals surface area contributed by atoms with Crippen LogP contribution in [0, 0.1) is 31.4 Å². The molecular formula is C18H21F2N3O. The van der Waals surface area contributed by atoms with E-state index in [1.165, 1.54) is 12.1 Å². The van der Waals surface area contributed by atoms with Crippen molar-refractivity contribution in [2.24, 2.45) is 5.92 Å². The van der Waals surface area contributed by atoms with Crippen molar-refractivity contribution < 1.29 is 13.6 Å². The summed E-state index contributed by atoms with van der Waals surface area (Å²) in [5.74, 6) is -1.45. The summed E-state index contributed by atoms with van der Waals surface area (Å²) < 4.78 is 26.8. The minimum absolute atomic E-state index is 0.0509. The van der Waals surface area contributed by atoms with Crippen LogP contribution in [0.4, 0.5) is 8.78 Å². The Morgan fingerprint density at radius 2 is 2.17 bits per heavy atom. The quantitative estimate of drug-likeness (QED) is 0.883. The molecule has 1 aromatic heterocycles. The number of aryl methyl sites for hydroxylation is 2. The number of aromatic amines is 1. The number of nitrogens with zero attached hydrogens (tertiary/aromatic N) is 1. The Labute approximate surface area is 139 Å². The maximum Gasteiger partial charge on any atom is 0.223 e. The van der Waals surface area contributed by atoms with Crippen LogP contribution >= 0.6 is 0 Å². The third kappa shape index (κ3) is 3.32. The van der Waals surface area contributed by atoms with Crippen molar-refractivity contribution in [1.82, 2.24) is 15.5 Å². The van der Waals surface area contributed by atoms with Crippen LogP contribution in [0.3, 0.4) is 0 Å². The average Bonchev–Trinajstić information content (AvgIpc) is 3.20. The summed E-state index contributed by atoms with van der Waals surface area (Å²) >= 11 is 0. The molecule has 24 heavy (non-hydrogen) atoms. The molecule has 1 saturated carbocycles. The molecule has 3 atom stereocenters. The van der Waals surface area contributed by atoms with Crippen molar-refractivity contribution in [1.29, 1.82) is 0 Å². The van der Waals surface area contributed by atoms with Crippen molar-refractivity contribution in [3.8, 4) is 0 Å². The molecule has 1 fully saturated rings. The Hall–Kier alpha value is -2.24. The van der Waals surface area contributed by atoms with E-state index in [4.69, 9.17) is 0 Å². The van der Waals surface area contributed by atoms with Crippen molar-refractivity contribution >= 4 is 5.91 Å². The highest BCUT2D eigenvalue weighted by Gasteiger charge is 2.41. The Morgan fingerprint density at radius 1 is 1.42 bits per heavy atom. The molecule has 2 aromatic rings. The third-order valence-corrected chi connectivity index (χ3v) is 4.72. The first-order valence-corrected chi connectivity index (χ1v) is 8.12. The van der Waals surface area contributed by atoms with Gasteiger partial charge in [-0.2, -0.15) is 5.10 Å². The number of nitrogens with one attached hydrogen (secondary N) is 2. The number of amides is 1. The first kappa shape index (κ1) is 16.6. The SMILES string of the molecule is Cc1n[nH]c(C)c1C[C@H](C)C(=O)N[C@H]1C[C@@H]1c1ccc(F)cc1F. The van der Waals surface area contributed by atoms with Crippen molar-refractivity contribution in [2.75, 3.05) is 0 Å². The maximum absolute atomic E-state index is 13.8. The van der Waals surface area contributed by atoms with Crippen molar-refractivity contribution in [2.45, 2.75) is 45.6 Å². The summed E-state index contributed by atoms with van der Waals surface area (Å²) in [5, 5.41) is 10.0. The Balaban J connectivity index is 1.58. The van der Waals surface area contributed by atoms with Crippen LogP contribution < -0.4 is 5.32 Å². The number of aromatic nitrogens is 2. The zero-order valence-electron chi connectivity index (χ0n) is 14.0. The van der Waals surface area contributed by atoms with Crippen LogP contribution in [0.1, 0.15) is 41.8 Å². The van der Waals surface area contributed by atoms with E-state index in [0.29, 0.717) is 18.4 Å². The van der Waals surface area contributed by atoms with Gasteiger partial charge in [-0.3, -0.25) is 9.89 Å². The van der Waals surface area contributed by atoms with Gasteiger partial charge >= 0.3 is 0 Å². The van der Waals surface area contributed by atoms with Gasteiger partial charge in [0.2, 0.25) is 5.91 Å². The second kappa shape index (κ2) is 6.34. The number of hydrogen-bond acceptors (Lipinski definition) is 2. The van der Waals surface area contributed by atoms with Gasteiger partial charge in [0.25, 0.3) is 0 Å². The zero-order chi connectivity index (χ0) is 17.4. The molecule has 2 N–H and O–H groups in total. The monoisotopic (exact) mass is 333 g/mol. The number of hydrogen-bond donors (Lipinski definition) is 2. The topological polar surface area (TPSA) is 57.8 Å². The molecule has 0 spiro atoms. The summed E-state index contributed by atoms with van der Waals surface area (Å²) in [5.41, 5.74) is 3.42. The van der Waals surface area contributed by atoms with Gasteiger partial charge in [-0.05, 0) is 43.9 Å². The highest BCUT2D eigenvalue weighted by atomic mass is 19.1. The number of benzene rings is 1. The molecule has 1 aliphatic carbocycles. The highest BCUT2D eigenvalue weighted by molar-refractivity contribution is 5.79. The molecule has 1 heterocycles. The number of carbonyl (C=O) groups excluding carboxylic acids is 1. The van der Waals surface area contributed by atoms with Crippen molar-refractivity contribution in [3.63, 3.8) is 0 Å². The number of carbonyl (C=O) groups is 1. The van der Waals surface area contributed by atoms with Crippen LogP contribution in [0.2, 0.25) is 0 Å². The van der Waals surface area contributed by atoms with E-state index in [-0.39, 0.29) is 23.8 Å². The van der Waals surface area contributed by atoms with Gasteiger partial charge in [0, 0.05) is 29.6 Å². The molecule has 6 heteroatoms. The normalized spacial score (nSPS) is 20.7. The first-order valence-electron chi connectivity index (χ1n) is 8.12. The summed E-state index contributed by atoms with van der Waals surface area (Å²) in [7, 11) is 0. The molecule has 4 nitrogen and oxygen atoms in total. The fraction of sp³-hybridized carbons (Fsp3) is 0.444. The largest absolute Gasteiger partial charge is 0.352 e. The van der Waals surface area contributed by atoms with Gasteiger partial charge in [-0.25, -0.2) is 8.78 Å². The van der Waals surface area contributed by atoms with Crippen LogP contribution in [0.15, 0.2) is 18.2 Å². The average molecular weight is 333 g/mol. The fourth-order valence-corrected chi connectivity index (χ4v) is 3.10. The molecule has 0 aliphatic heterocycles. The molecule has 1 aliphatic rings. The van der Waals surface area contributed by atoms with E-state index in [2.05, 4.69) is 15.5 Å². The first-order chi connectivity index (χ1) is 11.4. The standard InChI is InChI=1S/C18H21F2N3O/c1-9(6-14-10(2)22-23-11(14)3)18(24)21-17-8-15(17)13-5-4-12(19)7-16(13)20/h4-5,7,9,15,17H,6,8H2,1-3H3,(H,21,24)(H,22,23)/t9-,15+,17-/m0/s1. The van der Waals surface area contributed by atoms with Crippen LogP contribution in [0.25, 0.3) is 0 Å². The molecule has 0 radical (unpaired) electrons. The Bertz CT molecular complexity index is 752. The van der Waals surface area contributed by atoms with E-state index in [9.17, 15) is 13.6 Å². The van der Waals surface area contributed by atoms with Crippen molar-refractivity contribution in [3.05, 3.63) is 52.3 Å². The van der Waals surface area contributed by atoms with E-state index in [0.717, 1.165) is 23.0 Å². The second-order valence-corrected chi connectivity index (χ2v) is 6.64. The summed E-state index contributed by atoms with van der Waals surface area (Å²) in [6.45, 7) is 5.73. The molecular weight excluding hydrogens is 312 g/mol. The maximum atomic E-state index is 13.8. The Kier molecular flexibility index (Phi) is 4.39. The fourth-order valence-electron chi connectivity index (χ4n) is 3.10. The minimum atomic E-state index is -0.586. The summed E-state index contributed by atoms with van der Waals surface area (Å²) in [6.07, 6.45) is 1.30. The predicted octanol–water partition coefficient (Wildman–Crippen LogP) is 3.16. The number of halogens is 2. The summed E-state index contributed by atoms with van der Waals surface area (Å²) in [6, 6.07) is 3.53. The molecule has 128 valence electrons. The van der Waals surface area contributed by atoms with E-state index in [1.807, 2.05) is 20.8 Å². The van der Waals surface area contributed by atoms with E-state index < -0.39 is 11.6 Å². The van der Waals surface area contributed by atoms with Gasteiger partial charge in [0.05, 0.1) is 5.69 Å². The van der Waals surface area contributed by atoms with Gasteiger partial charge < -0.3 is 5.32 Å². The Morgan fingerprint density at radius 3 is 2.79 bits per heavy atom. The van der Waals surface area contributed by atoms with Gasteiger partial charge in [0.1, 0.15) is 11.6 Å². The lowest BCUT2D eigenvalue weighted by Crippen LogP contribution is -2.32. The molecule has 3 rings (SSSR count). The smallest absolute Gasteiger partial charge is 0.223 e. The number of H-pyrrole nitrogens is 1. The van der Waals surface area contributed by atoms with E-state index in [1.54, 1.807) is 0 Å². The lowest BCUT2D eigenvalue weighted by atomic mass is 9.99. The molecule has 0 saturated heterocycles. The van der Waals surface area contributed by atoms with Crippen LogP contribution in [-0.2, 0) is 11.2 Å². The lowest BCUT2D eigenvalue weighted by molar-refractivity contribution is -0.124. The molecule has 0 unspecified atom stereocenters. The van der Waals surface area contributed by atoms with Gasteiger partial charge in [0.15, 0.2) is 0 Å². The minimum Gasteiger partial charge on any atom is -0.352 e. The lowest BCUT2D eigenvalue weighted by Gasteiger charge is -2.12. The van der Waals surface area contributed by atoms with Gasteiger partial charge in [-0.1, -0.05) is 13.0 Å². The summed E-state index contributed by atoms with van der Waals surface area (Å²) in [4.78, 5) is 12.4. The van der Waals surface area contributed by atoms with Gasteiger partial charge in [-0.15, -0.1) is 0 Å². The van der Waals surface area contributed by atoms with Crippen LogP contribution in [-0.4, -0.2) is 22.1 Å². The second-order valence-electron chi connectivity index (χ2n) is 6.64. The highest BCUT2D eigenvalue weighted by Crippen LogP contribution is 2.42. The van der Waals surface area contributed by atoms with E-state index >= 15 is 0 Å². The predicted molar refractivity (Wildman–Crippen MR) is 86.6 cm³/mol. The molecule has 0 bridgehead atoms.